The number of nitrogens with one attached hydrogen (secondary N) is 1. The molecule has 2 saturated carbocycles. The van der Waals surface area contributed by atoms with Crippen molar-refractivity contribution in [3.05, 3.63) is 47.2 Å². The van der Waals surface area contributed by atoms with Crippen LogP contribution in [0.2, 0.25) is 0 Å². The summed E-state index contributed by atoms with van der Waals surface area (Å²) >= 11 is 0. The van der Waals surface area contributed by atoms with Gasteiger partial charge in [0.25, 0.3) is 0 Å². The predicted molar refractivity (Wildman–Crippen MR) is 199 cm³/mol. The number of aryl methyl sites for hydroxylation is 3. The first-order chi connectivity index (χ1) is 25.1. The molecule has 2 amide bonds. The molecule has 11 nitrogen and oxygen atoms in total. The third-order valence-electron chi connectivity index (χ3n) is 12.4. The van der Waals surface area contributed by atoms with Crippen molar-refractivity contribution in [1.82, 2.24) is 14.6 Å². The predicted octanol–water partition coefficient (Wildman–Crippen LogP) is 5.96. The van der Waals surface area contributed by atoms with Gasteiger partial charge in [0, 0.05) is 29.7 Å². The minimum Gasteiger partial charge on any atom is -0.483 e. The molecule has 0 unspecified atom stereocenters. The molecule has 0 radical (unpaired) electrons. The van der Waals surface area contributed by atoms with E-state index in [-0.39, 0.29) is 49.5 Å². The lowest BCUT2D eigenvalue weighted by molar-refractivity contribution is -0.153. The Morgan fingerprint density at radius 1 is 1.09 bits per heavy atom. The Bertz CT molecular complexity index is 1990. The fourth-order valence-corrected chi connectivity index (χ4v) is 10.1. The van der Waals surface area contributed by atoms with Crippen LogP contribution in [-0.4, -0.2) is 70.9 Å². The van der Waals surface area contributed by atoms with Gasteiger partial charge in [0.2, 0.25) is 21.8 Å². The Labute approximate surface area is 312 Å². The van der Waals surface area contributed by atoms with Crippen molar-refractivity contribution in [2.45, 2.75) is 141 Å². The maximum Gasteiger partial charge on any atom is 0.306 e. The van der Waals surface area contributed by atoms with E-state index in [1.165, 1.54) is 0 Å². The Hall–Kier alpha value is -3.80. The van der Waals surface area contributed by atoms with Crippen molar-refractivity contribution in [1.29, 1.82) is 0 Å². The van der Waals surface area contributed by atoms with E-state index in [1.54, 1.807) is 25.7 Å². The monoisotopic (exact) mass is 747 g/mol. The van der Waals surface area contributed by atoms with Gasteiger partial charge in [-0.25, -0.2) is 13.4 Å². The number of hydrogen-bond donors (Lipinski definition) is 1. The molecule has 5 aliphatic rings. The largest absolute Gasteiger partial charge is 0.483 e. The molecule has 53 heavy (non-hydrogen) atoms. The third kappa shape index (κ3) is 7.24. The maximum atomic E-state index is 14.7. The van der Waals surface area contributed by atoms with Gasteiger partial charge in [-0.1, -0.05) is 36.6 Å². The summed E-state index contributed by atoms with van der Waals surface area (Å²) in [6.07, 6.45) is 9.78. The van der Waals surface area contributed by atoms with Crippen LogP contribution in [0, 0.1) is 31.1 Å². The summed E-state index contributed by atoms with van der Waals surface area (Å²) < 4.78 is 40.2. The van der Waals surface area contributed by atoms with Gasteiger partial charge in [0.15, 0.2) is 5.78 Å². The standard InChI is InChI=1S/C41H53N3O8S/c1-25(2)51-35(46)20-28-11-9-7-6-8-10-12-29-21-41(29,38(48)43-53(49,50)39(5)17-18-39)23-34(45)33-22-40(24-44(33)37(28)47)16-15-30-31-19-26(3)13-14-32(31)42-27(4)36(30)52-40/h10,12-14,19,25,28-29,33H,6-9,11,15-18,20-24H2,1-5H3,(H,43,48)/b12-10-/t28-,29-,33+,40-,41-/m1/s1. The summed E-state index contributed by atoms with van der Waals surface area (Å²) in [5.74, 6) is -1.99. The summed E-state index contributed by atoms with van der Waals surface area (Å²) in [5, 5.41) is 1.03. The number of hydrogen-bond acceptors (Lipinski definition) is 9. The van der Waals surface area contributed by atoms with Gasteiger partial charge < -0.3 is 14.4 Å². The molecule has 3 aliphatic heterocycles. The Morgan fingerprint density at radius 3 is 2.60 bits per heavy atom. The molecule has 2 aliphatic carbocycles. The number of fused-ring (bicyclic) bond motifs is 5. The first kappa shape index (κ1) is 37.5. The van der Waals surface area contributed by atoms with E-state index in [0.717, 1.165) is 53.4 Å². The second-order valence-electron chi connectivity index (χ2n) is 17.0. The molecule has 1 spiro atoms. The number of sulfonamides is 1. The number of allylic oxidation sites excluding steroid dienone is 2. The smallest absolute Gasteiger partial charge is 0.306 e. The molecule has 4 heterocycles. The first-order valence-electron chi connectivity index (χ1n) is 19.4. The van der Waals surface area contributed by atoms with Gasteiger partial charge in [-0.05, 0) is 104 Å². The molecule has 0 bridgehead atoms. The van der Waals surface area contributed by atoms with Crippen molar-refractivity contribution in [2.75, 3.05) is 6.54 Å². The molecule has 1 saturated heterocycles. The molecule has 3 fully saturated rings. The first-order valence-corrected chi connectivity index (χ1v) is 20.9. The molecule has 12 heteroatoms. The summed E-state index contributed by atoms with van der Waals surface area (Å²) in [4.78, 5) is 62.9. The molecule has 286 valence electrons. The van der Waals surface area contributed by atoms with Gasteiger partial charge in [-0.2, -0.15) is 0 Å². The van der Waals surface area contributed by atoms with Crippen LogP contribution in [-0.2, 0) is 40.4 Å². The fraction of sp³-hybridized carbons (Fsp3) is 0.634. The van der Waals surface area contributed by atoms with Crippen LogP contribution in [0.1, 0.15) is 115 Å². The molecule has 1 N–H and O–H groups in total. The van der Waals surface area contributed by atoms with Crippen LogP contribution in [0.4, 0.5) is 0 Å². The van der Waals surface area contributed by atoms with E-state index in [1.807, 2.05) is 38.1 Å². The van der Waals surface area contributed by atoms with Crippen molar-refractivity contribution in [3.8, 4) is 5.75 Å². The summed E-state index contributed by atoms with van der Waals surface area (Å²) in [6.45, 7) is 9.28. The number of nitrogens with zero attached hydrogens (tertiary/aromatic N) is 2. The minimum atomic E-state index is -3.93. The third-order valence-corrected chi connectivity index (χ3v) is 14.6. The number of Topliss-reactive ketones (excluding diaryl/α,β-unsaturated/α-hetero) is 1. The number of pyridine rings is 1. The number of esters is 1. The Kier molecular flexibility index (Phi) is 9.77. The van der Waals surface area contributed by atoms with Crippen molar-refractivity contribution >= 4 is 44.5 Å². The normalized spacial score (nSPS) is 30.4. The van der Waals surface area contributed by atoms with E-state index in [9.17, 15) is 27.6 Å². The van der Waals surface area contributed by atoms with Crippen LogP contribution in [0.25, 0.3) is 10.9 Å². The highest BCUT2D eigenvalue weighted by Crippen LogP contribution is 2.58. The molecule has 1 aromatic carbocycles. The number of ether oxygens (including phenoxy) is 2. The second kappa shape index (κ2) is 13.8. The number of ketones is 1. The number of carbonyl (C=O) groups excluding carboxylic acids is 4. The van der Waals surface area contributed by atoms with Crippen molar-refractivity contribution in [2.24, 2.45) is 17.3 Å². The number of benzene rings is 1. The number of amides is 2. The van der Waals surface area contributed by atoms with Crippen LogP contribution in [0.15, 0.2) is 30.4 Å². The average Bonchev–Trinajstić information content (AvgIpc) is 3.98. The highest BCUT2D eigenvalue weighted by molar-refractivity contribution is 7.91. The van der Waals surface area contributed by atoms with Crippen LogP contribution in [0.3, 0.4) is 0 Å². The van der Waals surface area contributed by atoms with Crippen LogP contribution in [0.5, 0.6) is 5.75 Å². The molecule has 1 aromatic heterocycles. The topological polar surface area (TPSA) is 149 Å². The lowest BCUT2D eigenvalue weighted by Crippen LogP contribution is -2.48. The maximum absolute atomic E-state index is 14.7. The lowest BCUT2D eigenvalue weighted by Gasteiger charge is -2.36. The van der Waals surface area contributed by atoms with Crippen LogP contribution >= 0.6 is 0 Å². The highest BCUT2D eigenvalue weighted by atomic mass is 32.2. The molecular formula is C41H53N3O8S. The van der Waals surface area contributed by atoms with E-state index in [0.29, 0.717) is 44.3 Å². The zero-order valence-corrected chi connectivity index (χ0v) is 32.5. The van der Waals surface area contributed by atoms with Crippen LogP contribution < -0.4 is 9.46 Å². The minimum absolute atomic E-state index is 0.0928. The molecular weight excluding hydrogens is 695 g/mol. The zero-order valence-electron chi connectivity index (χ0n) is 31.7. The summed E-state index contributed by atoms with van der Waals surface area (Å²) in [5.41, 5.74) is 1.69. The second-order valence-corrected chi connectivity index (χ2v) is 19.2. The van der Waals surface area contributed by atoms with E-state index in [2.05, 4.69) is 10.8 Å². The molecule has 5 atom stereocenters. The fourth-order valence-electron chi connectivity index (χ4n) is 8.79. The number of carbonyl (C=O) groups is 4. The lowest BCUT2D eigenvalue weighted by atomic mass is 9.85. The summed E-state index contributed by atoms with van der Waals surface area (Å²) in [6, 6.07) is 5.25. The van der Waals surface area contributed by atoms with E-state index < -0.39 is 49.6 Å². The number of rotatable bonds is 6. The van der Waals surface area contributed by atoms with Gasteiger partial charge in [-0.15, -0.1) is 0 Å². The van der Waals surface area contributed by atoms with Gasteiger partial charge in [0.05, 0.1) is 46.5 Å². The van der Waals surface area contributed by atoms with Crippen molar-refractivity contribution < 1.29 is 37.1 Å². The zero-order chi connectivity index (χ0) is 37.9. The highest BCUT2D eigenvalue weighted by Gasteiger charge is 2.63. The van der Waals surface area contributed by atoms with E-state index >= 15 is 0 Å². The summed E-state index contributed by atoms with van der Waals surface area (Å²) in [7, 11) is -3.93. The van der Waals surface area contributed by atoms with Gasteiger partial charge >= 0.3 is 5.97 Å². The van der Waals surface area contributed by atoms with E-state index in [4.69, 9.17) is 14.5 Å². The SMILES string of the molecule is Cc1ccc2nc(C)c3c(c2c1)CC[C@]1(C[C@H]2C(=O)C[C@]4(C(=O)NS(=O)(=O)C5(C)CC5)C[C@H]4/C=C\CCCCC[C@H](CC(=O)OC(C)C)C(=O)N2C1)O3. The van der Waals surface area contributed by atoms with Gasteiger partial charge in [-0.3, -0.25) is 23.9 Å². The molecule has 2 aromatic rings. The average molecular weight is 748 g/mol. The number of aromatic nitrogens is 1. The Morgan fingerprint density at radius 2 is 1.87 bits per heavy atom. The quantitative estimate of drug-likeness (QED) is 0.279. The van der Waals surface area contributed by atoms with Crippen molar-refractivity contribution in [3.63, 3.8) is 0 Å². The molecule has 7 rings (SSSR count). The van der Waals surface area contributed by atoms with Gasteiger partial charge in [0.1, 0.15) is 11.4 Å². The Balaban J connectivity index is 1.23.